The number of ketones is 1. The van der Waals surface area contributed by atoms with Gasteiger partial charge in [-0.2, -0.15) is 0 Å². The molecule has 3 rings (SSSR count). The van der Waals surface area contributed by atoms with E-state index in [-0.39, 0.29) is 37.4 Å². The molecule has 0 saturated carbocycles. The van der Waals surface area contributed by atoms with Crippen LogP contribution in [0.4, 0.5) is 0 Å². The summed E-state index contributed by atoms with van der Waals surface area (Å²) in [7, 11) is 4.83. The predicted molar refractivity (Wildman–Crippen MR) is 199 cm³/mol. The number of esters is 2. The number of aldehydes is 1. The molecule has 15 heteroatoms. The van der Waals surface area contributed by atoms with E-state index in [4.69, 9.17) is 33.2 Å². The van der Waals surface area contributed by atoms with Gasteiger partial charge in [0.15, 0.2) is 24.5 Å². The monoisotopic (exact) mass is 783 g/mol. The summed E-state index contributed by atoms with van der Waals surface area (Å²) in [6.45, 7) is 12.2. The van der Waals surface area contributed by atoms with Gasteiger partial charge >= 0.3 is 11.9 Å². The smallest absolute Gasteiger partial charge is 0.308 e. The van der Waals surface area contributed by atoms with E-state index < -0.39 is 109 Å². The number of hydrogen-bond donors (Lipinski definition) is 3. The van der Waals surface area contributed by atoms with Crippen molar-refractivity contribution in [2.45, 2.75) is 166 Å². The minimum absolute atomic E-state index is 0.0389. The van der Waals surface area contributed by atoms with Gasteiger partial charge < -0.3 is 58.2 Å². The molecule has 3 heterocycles. The molecule has 2 fully saturated rings. The van der Waals surface area contributed by atoms with Crippen molar-refractivity contribution in [1.82, 2.24) is 4.90 Å². The van der Waals surface area contributed by atoms with Crippen LogP contribution in [0.25, 0.3) is 0 Å². The Bertz CT molecular complexity index is 1320. The van der Waals surface area contributed by atoms with Crippen molar-refractivity contribution in [2.24, 2.45) is 17.8 Å². The number of carbonyl (C=O) groups excluding carboxylic acids is 4. The Morgan fingerprint density at radius 3 is 2.33 bits per heavy atom. The van der Waals surface area contributed by atoms with Gasteiger partial charge in [0.05, 0.1) is 36.9 Å². The number of ether oxygens (including phenoxy) is 7. The molecule has 3 aliphatic rings. The van der Waals surface area contributed by atoms with Crippen LogP contribution in [0.1, 0.15) is 87.0 Å². The van der Waals surface area contributed by atoms with Crippen molar-refractivity contribution in [2.75, 3.05) is 21.2 Å². The largest absolute Gasteiger partial charge is 0.462 e. The number of aliphatic hydroxyl groups is 3. The Hall–Kier alpha value is -2.60. The van der Waals surface area contributed by atoms with Crippen molar-refractivity contribution < 1.29 is 67.7 Å². The summed E-state index contributed by atoms with van der Waals surface area (Å²) < 4.78 is 42.3. The number of methoxy groups -OCH3 is 1. The van der Waals surface area contributed by atoms with E-state index in [2.05, 4.69) is 0 Å². The Labute approximate surface area is 325 Å². The quantitative estimate of drug-likeness (QED) is 0.204. The number of likely N-dealkylation sites (N-methyl/N-ethyl adjacent to an activating group) is 1. The fraction of sp³-hybridized carbons (Fsp3) is 0.800. The zero-order valence-corrected chi connectivity index (χ0v) is 34.1. The molecule has 55 heavy (non-hydrogen) atoms. The number of carbonyl (C=O) groups is 4. The van der Waals surface area contributed by atoms with E-state index in [0.717, 1.165) is 0 Å². The summed E-state index contributed by atoms with van der Waals surface area (Å²) in [6, 6.07) is -0.768. The molecule has 3 N–H and O–H groups in total. The van der Waals surface area contributed by atoms with E-state index in [0.29, 0.717) is 12.7 Å². The lowest BCUT2D eigenvalue weighted by molar-refractivity contribution is -0.344. The number of hydrogen-bond acceptors (Lipinski definition) is 15. The molecule has 0 aromatic heterocycles. The molecule has 0 aliphatic carbocycles. The minimum atomic E-state index is -1.49. The molecule has 15 nitrogen and oxygen atoms in total. The van der Waals surface area contributed by atoms with Gasteiger partial charge in [-0.05, 0) is 66.1 Å². The van der Waals surface area contributed by atoms with Gasteiger partial charge in [0.2, 0.25) is 0 Å². The Morgan fingerprint density at radius 1 is 1.04 bits per heavy atom. The molecular weight excluding hydrogens is 718 g/mol. The topological polar surface area (TPSA) is 197 Å². The standard InChI is InChI=1S/C40H65NO14/c1-22(2)18-30(45)53-38-26(6)51-32(21-40(38,7)48)54-35-25(5)52-39(34(47)33(35)41(8)9)55-36-27(16-17-42)19-23(3)28(43)15-13-11-12-14-24(4)50-31(46)20-29(44)37(36)49-10/h11-13,15,17,22-27,29,32-39,44,47-48H,14,16,18-21H2,1-10H3/t23-,24+,25-,26-,27+,29-,32+,33-,34+,35+,36+,37?,38+,39+,40-/m1/s1. The maximum Gasteiger partial charge on any atom is 0.308 e. The maximum absolute atomic E-state index is 13.1. The minimum Gasteiger partial charge on any atom is -0.462 e. The van der Waals surface area contributed by atoms with Gasteiger partial charge in [0, 0.05) is 38.7 Å². The Kier molecular flexibility index (Phi) is 18.1. The van der Waals surface area contributed by atoms with E-state index in [1.54, 1.807) is 71.8 Å². The van der Waals surface area contributed by atoms with Crippen LogP contribution in [0.5, 0.6) is 0 Å². The first-order valence-corrected chi connectivity index (χ1v) is 19.4. The molecule has 0 radical (unpaired) electrons. The van der Waals surface area contributed by atoms with Crippen LogP contribution in [0.3, 0.4) is 0 Å². The van der Waals surface area contributed by atoms with Gasteiger partial charge in [-0.25, -0.2) is 0 Å². The second-order valence-electron chi connectivity index (χ2n) is 16.2. The maximum atomic E-state index is 13.1. The molecule has 1 unspecified atom stereocenters. The van der Waals surface area contributed by atoms with Gasteiger partial charge in [0.1, 0.15) is 36.3 Å². The summed E-state index contributed by atoms with van der Waals surface area (Å²) in [4.78, 5) is 52.3. The lowest BCUT2D eigenvalue weighted by Crippen LogP contribution is -2.66. The van der Waals surface area contributed by atoms with Crippen LogP contribution in [0.15, 0.2) is 24.3 Å². The highest BCUT2D eigenvalue weighted by atomic mass is 16.7. The number of allylic oxidation sites excluding steroid dienone is 3. The van der Waals surface area contributed by atoms with Crippen LogP contribution in [0.2, 0.25) is 0 Å². The molecule has 314 valence electrons. The van der Waals surface area contributed by atoms with Gasteiger partial charge in [-0.1, -0.05) is 39.0 Å². The number of cyclic esters (lactones) is 1. The third-order valence-electron chi connectivity index (χ3n) is 10.5. The lowest BCUT2D eigenvalue weighted by atomic mass is 9.83. The molecule has 0 spiro atoms. The van der Waals surface area contributed by atoms with E-state index in [1.807, 2.05) is 13.8 Å². The molecule has 0 amide bonds. The third-order valence-corrected chi connectivity index (χ3v) is 10.5. The molecule has 0 bridgehead atoms. The van der Waals surface area contributed by atoms with Crippen molar-refractivity contribution in [3.63, 3.8) is 0 Å². The molecule has 3 aliphatic heterocycles. The average molecular weight is 784 g/mol. The van der Waals surface area contributed by atoms with Crippen LogP contribution in [-0.2, 0) is 52.3 Å². The second-order valence-corrected chi connectivity index (χ2v) is 16.2. The Morgan fingerprint density at radius 2 is 1.73 bits per heavy atom. The van der Waals surface area contributed by atoms with E-state index in [9.17, 15) is 34.5 Å². The summed E-state index contributed by atoms with van der Waals surface area (Å²) >= 11 is 0. The average Bonchev–Trinajstić information content (AvgIpc) is 3.06. The first-order valence-electron chi connectivity index (χ1n) is 19.4. The SMILES string of the molecule is COC1[C@H](O)CC(=O)O[C@@H](C)CC=CC=CC(=O)[C@H](C)C[C@H](CC=O)[C@@H]1O[C@@H]1O[C@H](C)[C@H](O[C@H]2C[C@@](C)(O)[C@@H](OC(=O)CC(C)C)[C@@H](C)O2)[C@H](N(C)C)[C@@H]1O. The number of nitrogens with zero attached hydrogens (tertiary/aromatic N) is 1. The zero-order valence-electron chi connectivity index (χ0n) is 34.1. The summed E-state index contributed by atoms with van der Waals surface area (Å²) in [6.07, 6.45) is -3.87. The normalized spacial score (nSPS) is 39.9. The van der Waals surface area contributed by atoms with Crippen LogP contribution in [-0.4, -0.2) is 145 Å². The van der Waals surface area contributed by atoms with Crippen LogP contribution < -0.4 is 0 Å². The number of rotatable bonds is 11. The first-order chi connectivity index (χ1) is 25.8. The number of aliphatic hydroxyl groups excluding tert-OH is 2. The lowest BCUT2D eigenvalue weighted by Gasteiger charge is -2.50. The van der Waals surface area contributed by atoms with Crippen LogP contribution in [0, 0.1) is 17.8 Å². The highest BCUT2D eigenvalue weighted by Crippen LogP contribution is 2.37. The highest BCUT2D eigenvalue weighted by Gasteiger charge is 2.52. The van der Waals surface area contributed by atoms with Gasteiger partial charge in [-0.15, -0.1) is 0 Å². The predicted octanol–water partition coefficient (Wildman–Crippen LogP) is 2.65. The van der Waals surface area contributed by atoms with Gasteiger partial charge in [-0.3, -0.25) is 14.4 Å². The molecular formula is C40H65NO14. The van der Waals surface area contributed by atoms with Crippen LogP contribution >= 0.6 is 0 Å². The van der Waals surface area contributed by atoms with Gasteiger partial charge in [0.25, 0.3) is 0 Å². The summed E-state index contributed by atoms with van der Waals surface area (Å²) in [5.41, 5.74) is -1.49. The molecule has 15 atom stereocenters. The van der Waals surface area contributed by atoms with Crippen molar-refractivity contribution in [1.29, 1.82) is 0 Å². The summed E-state index contributed by atoms with van der Waals surface area (Å²) in [5, 5.41) is 34.7. The molecule has 0 aromatic carbocycles. The van der Waals surface area contributed by atoms with Crippen molar-refractivity contribution >= 4 is 24.0 Å². The van der Waals surface area contributed by atoms with Crippen molar-refractivity contribution in [3.8, 4) is 0 Å². The zero-order chi connectivity index (χ0) is 41.2. The highest BCUT2D eigenvalue weighted by molar-refractivity contribution is 5.91. The fourth-order valence-corrected chi connectivity index (χ4v) is 7.68. The van der Waals surface area contributed by atoms with E-state index in [1.165, 1.54) is 13.2 Å². The fourth-order valence-electron chi connectivity index (χ4n) is 7.68. The summed E-state index contributed by atoms with van der Waals surface area (Å²) in [5.74, 6) is -2.50. The van der Waals surface area contributed by atoms with E-state index >= 15 is 0 Å². The second kappa shape index (κ2) is 21.2. The Balaban J connectivity index is 1.90. The van der Waals surface area contributed by atoms with Crippen molar-refractivity contribution in [3.05, 3.63) is 24.3 Å². The third kappa shape index (κ3) is 13.2. The molecule has 2 saturated heterocycles. The first kappa shape index (κ1) is 46.8. The molecule has 0 aromatic rings.